The molecule has 1 aliphatic heterocycles. The van der Waals surface area contributed by atoms with E-state index in [4.69, 9.17) is 16.9 Å². The number of halogens is 1. The summed E-state index contributed by atoms with van der Waals surface area (Å²) in [4.78, 5) is 3.81. The first kappa shape index (κ1) is 9.49. The normalized spacial score (nSPS) is 18.7. The molecule has 1 aromatic rings. The number of rotatable bonds is 0. The lowest BCUT2D eigenvalue weighted by Crippen LogP contribution is -1.97. The summed E-state index contributed by atoms with van der Waals surface area (Å²) in [5, 5.41) is 10.3. The predicted molar refractivity (Wildman–Crippen MR) is 54.1 cm³/mol. The summed E-state index contributed by atoms with van der Waals surface area (Å²) in [6.07, 6.45) is 2.71. The van der Waals surface area contributed by atoms with E-state index in [0.717, 1.165) is 0 Å². The van der Waals surface area contributed by atoms with E-state index in [9.17, 15) is 9.11 Å². The highest BCUT2D eigenvalue weighted by molar-refractivity contribution is 8.27. The third-order valence-corrected chi connectivity index (χ3v) is 3.66. The fourth-order valence-corrected chi connectivity index (χ4v) is 2.63. The molecule has 0 saturated heterocycles. The van der Waals surface area contributed by atoms with Crippen LogP contribution in [0.4, 0.5) is 0 Å². The standard InChI is InChI=1S/C8H5ClN2O2S/c9-7-5(3-10)4-11-8-6(7)1-2-14(8,12)13/h1-2,4,12-13H. The Bertz CT molecular complexity index is 479. The van der Waals surface area contributed by atoms with Gasteiger partial charge < -0.3 is 0 Å². The van der Waals surface area contributed by atoms with Crippen LogP contribution in [0.5, 0.6) is 0 Å². The van der Waals surface area contributed by atoms with Gasteiger partial charge in [-0.1, -0.05) is 11.6 Å². The first-order valence-corrected chi connectivity index (χ1v) is 5.60. The molecule has 6 heteroatoms. The van der Waals surface area contributed by atoms with Crippen LogP contribution >= 0.6 is 22.2 Å². The van der Waals surface area contributed by atoms with Gasteiger partial charge in [0.2, 0.25) is 0 Å². The van der Waals surface area contributed by atoms with Gasteiger partial charge in [-0.25, -0.2) is 4.98 Å². The van der Waals surface area contributed by atoms with Crippen molar-refractivity contribution in [2.24, 2.45) is 0 Å². The minimum atomic E-state index is -2.94. The highest BCUT2D eigenvalue weighted by Crippen LogP contribution is 2.56. The molecule has 0 aromatic carbocycles. The summed E-state index contributed by atoms with van der Waals surface area (Å²) in [6, 6.07) is 1.87. The Morgan fingerprint density at radius 3 is 2.86 bits per heavy atom. The second-order valence-corrected chi connectivity index (χ2v) is 4.93. The third kappa shape index (κ3) is 1.21. The van der Waals surface area contributed by atoms with E-state index in [2.05, 4.69) is 4.98 Å². The van der Waals surface area contributed by atoms with Gasteiger partial charge in [0.15, 0.2) is 5.03 Å². The number of aromatic nitrogens is 1. The summed E-state index contributed by atoms with van der Waals surface area (Å²) >= 11 is 5.86. The van der Waals surface area contributed by atoms with Gasteiger partial charge >= 0.3 is 0 Å². The van der Waals surface area contributed by atoms with Crippen LogP contribution in [0.2, 0.25) is 5.02 Å². The second-order valence-electron chi connectivity index (χ2n) is 2.71. The molecular formula is C8H5ClN2O2S. The molecule has 0 atom stereocenters. The maximum absolute atomic E-state index is 9.48. The van der Waals surface area contributed by atoms with Gasteiger partial charge in [0.25, 0.3) is 0 Å². The summed E-state index contributed by atoms with van der Waals surface area (Å²) in [5.41, 5.74) is 0.651. The molecule has 0 amide bonds. The van der Waals surface area contributed by atoms with Gasteiger partial charge in [0, 0.05) is 17.2 Å². The average molecular weight is 229 g/mol. The second kappa shape index (κ2) is 2.97. The molecule has 1 aromatic heterocycles. The Morgan fingerprint density at radius 1 is 1.50 bits per heavy atom. The SMILES string of the molecule is N#Cc1cnc2c(c1Cl)C=CS2(O)O. The molecule has 2 heterocycles. The van der Waals surface area contributed by atoms with Crippen LogP contribution in [0.3, 0.4) is 0 Å². The predicted octanol–water partition coefficient (Wildman–Crippen LogP) is 2.70. The number of fused-ring (bicyclic) bond motifs is 1. The first-order valence-electron chi connectivity index (χ1n) is 3.61. The van der Waals surface area contributed by atoms with Gasteiger partial charge in [-0.2, -0.15) is 5.26 Å². The van der Waals surface area contributed by atoms with Crippen molar-refractivity contribution in [1.29, 1.82) is 5.26 Å². The van der Waals surface area contributed by atoms with Crippen LogP contribution in [-0.2, 0) is 0 Å². The molecule has 14 heavy (non-hydrogen) atoms. The number of nitriles is 1. The smallest absolute Gasteiger partial charge is 0.160 e. The van der Waals surface area contributed by atoms with Crippen molar-refractivity contribution < 1.29 is 9.11 Å². The Balaban J connectivity index is 2.71. The lowest BCUT2D eigenvalue weighted by Gasteiger charge is -2.23. The van der Waals surface area contributed by atoms with Crippen LogP contribution in [0, 0.1) is 11.3 Å². The molecule has 0 unspecified atom stereocenters. The molecule has 0 fully saturated rings. The fourth-order valence-electron chi connectivity index (χ4n) is 1.18. The zero-order valence-corrected chi connectivity index (χ0v) is 8.38. The minimum Gasteiger partial charge on any atom is -0.289 e. The van der Waals surface area contributed by atoms with Gasteiger partial charge in [0.05, 0.1) is 10.6 Å². The van der Waals surface area contributed by atoms with Crippen LogP contribution < -0.4 is 0 Å². The zero-order chi connectivity index (χ0) is 10.3. The monoisotopic (exact) mass is 228 g/mol. The largest absolute Gasteiger partial charge is 0.289 e. The van der Waals surface area contributed by atoms with Crippen LogP contribution in [0.25, 0.3) is 6.08 Å². The Kier molecular flexibility index (Phi) is 2.01. The molecule has 2 rings (SSSR count). The molecule has 1 aliphatic rings. The molecule has 4 nitrogen and oxygen atoms in total. The summed E-state index contributed by atoms with van der Waals surface area (Å²) in [5.74, 6) is 0. The Hall–Kier alpha value is -1.06. The molecule has 2 N–H and O–H groups in total. The van der Waals surface area contributed by atoms with Gasteiger partial charge in [-0.15, -0.1) is 10.6 Å². The van der Waals surface area contributed by atoms with E-state index in [0.29, 0.717) is 5.56 Å². The molecule has 72 valence electrons. The molecular weight excluding hydrogens is 224 g/mol. The minimum absolute atomic E-state index is 0.140. The van der Waals surface area contributed by atoms with E-state index in [1.165, 1.54) is 17.7 Å². The molecule has 0 spiro atoms. The van der Waals surface area contributed by atoms with Crippen molar-refractivity contribution in [3.63, 3.8) is 0 Å². The lowest BCUT2D eigenvalue weighted by molar-refractivity contribution is 0.496. The zero-order valence-electron chi connectivity index (χ0n) is 6.81. The first-order chi connectivity index (χ1) is 6.56. The molecule has 0 bridgehead atoms. The van der Waals surface area contributed by atoms with Gasteiger partial charge in [-0.05, 0) is 6.08 Å². The number of nitrogens with zero attached hydrogens (tertiary/aromatic N) is 2. The van der Waals surface area contributed by atoms with Crippen LogP contribution in [0.15, 0.2) is 16.6 Å². The fraction of sp³-hybridized carbons (Fsp3) is 0. The molecule has 0 aliphatic carbocycles. The van der Waals surface area contributed by atoms with Crippen molar-refractivity contribution >= 4 is 28.3 Å². The van der Waals surface area contributed by atoms with Gasteiger partial charge in [-0.3, -0.25) is 9.11 Å². The van der Waals surface area contributed by atoms with Crippen molar-refractivity contribution in [2.45, 2.75) is 5.03 Å². The maximum atomic E-state index is 9.48. The molecule has 0 radical (unpaired) electrons. The highest BCUT2D eigenvalue weighted by Gasteiger charge is 2.26. The average Bonchev–Trinajstić information content (AvgIpc) is 2.44. The molecule has 0 saturated carbocycles. The Morgan fingerprint density at radius 2 is 2.21 bits per heavy atom. The van der Waals surface area contributed by atoms with E-state index >= 15 is 0 Å². The summed E-state index contributed by atoms with van der Waals surface area (Å²) in [6.45, 7) is 0. The topological polar surface area (TPSA) is 77.1 Å². The number of hydrogen-bond acceptors (Lipinski definition) is 4. The van der Waals surface area contributed by atoms with Crippen LogP contribution in [0.1, 0.15) is 11.1 Å². The highest BCUT2D eigenvalue weighted by atomic mass is 35.5. The Labute approximate surface area is 86.8 Å². The van der Waals surface area contributed by atoms with E-state index in [1.54, 1.807) is 0 Å². The van der Waals surface area contributed by atoms with Crippen molar-refractivity contribution in [3.8, 4) is 6.07 Å². The van der Waals surface area contributed by atoms with Crippen molar-refractivity contribution in [1.82, 2.24) is 4.98 Å². The van der Waals surface area contributed by atoms with E-state index in [-0.39, 0.29) is 15.6 Å². The quantitative estimate of drug-likeness (QED) is 0.716. The number of pyridine rings is 1. The maximum Gasteiger partial charge on any atom is 0.160 e. The lowest BCUT2D eigenvalue weighted by atomic mass is 10.2. The summed E-state index contributed by atoms with van der Waals surface area (Å²) in [7, 11) is -2.94. The van der Waals surface area contributed by atoms with Gasteiger partial charge in [0.1, 0.15) is 6.07 Å². The number of hydrogen-bond donors (Lipinski definition) is 2. The van der Waals surface area contributed by atoms with Crippen LogP contribution in [-0.4, -0.2) is 14.1 Å². The van der Waals surface area contributed by atoms with E-state index < -0.39 is 10.6 Å². The summed E-state index contributed by atoms with van der Waals surface area (Å²) < 4.78 is 19.0. The van der Waals surface area contributed by atoms with E-state index in [1.807, 2.05) is 6.07 Å². The van der Waals surface area contributed by atoms with Crippen molar-refractivity contribution in [2.75, 3.05) is 0 Å². The van der Waals surface area contributed by atoms with Crippen molar-refractivity contribution in [3.05, 3.63) is 27.8 Å². The third-order valence-electron chi connectivity index (χ3n) is 1.84.